The molecule has 1 aliphatic rings. The molecule has 2 rings (SSSR count). The summed E-state index contributed by atoms with van der Waals surface area (Å²) >= 11 is 0. The summed E-state index contributed by atoms with van der Waals surface area (Å²) in [5.74, 6) is 0.459. The molecule has 1 saturated heterocycles. The van der Waals surface area contributed by atoms with Crippen LogP contribution in [0.1, 0.15) is 61.9 Å². The van der Waals surface area contributed by atoms with E-state index in [1.165, 1.54) is 0 Å². The molecule has 0 radical (unpaired) electrons. The summed E-state index contributed by atoms with van der Waals surface area (Å²) in [6.45, 7) is 11.3. The van der Waals surface area contributed by atoms with Gasteiger partial charge in [-0.15, -0.1) is 0 Å². The van der Waals surface area contributed by atoms with Crippen LogP contribution in [-0.2, 0) is 11.3 Å². The van der Waals surface area contributed by atoms with Crippen molar-refractivity contribution >= 4 is 11.9 Å². The third-order valence-corrected chi connectivity index (χ3v) is 5.47. The molecule has 140 valence electrons. The van der Waals surface area contributed by atoms with Crippen LogP contribution in [-0.4, -0.2) is 53.0 Å². The smallest absolute Gasteiger partial charge is 0.311 e. The van der Waals surface area contributed by atoms with Gasteiger partial charge in [0.05, 0.1) is 17.5 Å². The summed E-state index contributed by atoms with van der Waals surface area (Å²) in [7, 11) is 0. The summed E-state index contributed by atoms with van der Waals surface area (Å²) in [5, 5.41) is 9.61. The van der Waals surface area contributed by atoms with Crippen LogP contribution in [0.3, 0.4) is 0 Å². The van der Waals surface area contributed by atoms with Crippen LogP contribution in [0.5, 0.6) is 0 Å². The predicted molar refractivity (Wildman–Crippen MR) is 95.6 cm³/mol. The number of rotatable bonds is 7. The van der Waals surface area contributed by atoms with Crippen molar-refractivity contribution in [2.24, 2.45) is 5.41 Å². The van der Waals surface area contributed by atoms with Gasteiger partial charge in [0.2, 0.25) is 0 Å². The number of piperidine rings is 1. The Bertz CT molecular complexity index is 621. The third-order valence-electron chi connectivity index (χ3n) is 5.47. The lowest BCUT2D eigenvalue weighted by Gasteiger charge is -2.39. The lowest BCUT2D eigenvalue weighted by atomic mass is 9.77. The van der Waals surface area contributed by atoms with Crippen LogP contribution in [0.15, 0.2) is 10.5 Å². The molecule has 1 fully saturated rings. The zero-order chi connectivity index (χ0) is 18.6. The average Bonchev–Trinajstić information content (AvgIpc) is 2.99. The Kier molecular flexibility index (Phi) is 6.27. The van der Waals surface area contributed by atoms with Gasteiger partial charge < -0.3 is 14.4 Å². The molecule has 0 unspecified atom stereocenters. The predicted octanol–water partition coefficient (Wildman–Crippen LogP) is 3.15. The van der Waals surface area contributed by atoms with Gasteiger partial charge in [-0.05, 0) is 45.3 Å². The number of amides is 1. The van der Waals surface area contributed by atoms with E-state index in [9.17, 15) is 14.7 Å². The molecule has 1 aromatic heterocycles. The molecule has 1 aromatic rings. The van der Waals surface area contributed by atoms with E-state index in [1.54, 1.807) is 11.8 Å². The topological polar surface area (TPSA) is 74.0 Å². The van der Waals surface area contributed by atoms with Gasteiger partial charge in [-0.1, -0.05) is 20.8 Å². The van der Waals surface area contributed by atoms with Gasteiger partial charge in [0.25, 0.3) is 5.91 Å². The van der Waals surface area contributed by atoms with Gasteiger partial charge in [-0.3, -0.25) is 14.5 Å². The lowest BCUT2D eigenvalue weighted by Crippen LogP contribution is -2.49. The van der Waals surface area contributed by atoms with E-state index < -0.39 is 11.4 Å². The van der Waals surface area contributed by atoms with Gasteiger partial charge in [-0.25, -0.2) is 0 Å². The summed E-state index contributed by atoms with van der Waals surface area (Å²) in [5.41, 5.74) is -0.269. The fourth-order valence-electron chi connectivity index (χ4n) is 3.59. The third kappa shape index (κ3) is 4.06. The van der Waals surface area contributed by atoms with Crippen LogP contribution < -0.4 is 0 Å². The molecule has 25 heavy (non-hydrogen) atoms. The molecule has 0 bridgehead atoms. The van der Waals surface area contributed by atoms with Crippen molar-refractivity contribution in [1.29, 1.82) is 0 Å². The minimum Gasteiger partial charge on any atom is -0.481 e. The molecule has 2 heterocycles. The molecule has 6 nitrogen and oxygen atoms in total. The standard InChI is InChI=1S/C19H30N2O4/c1-5-19(18(23)24)9-8-10-21(13-19)17(22)16-11-15(25-14(16)4)12-20(6-2)7-3/h11H,5-10,12-13H2,1-4H3,(H,23,24)/t19-/m0/s1. The number of hydrogen-bond acceptors (Lipinski definition) is 4. The number of carboxylic acid groups (broad SMARTS) is 1. The summed E-state index contributed by atoms with van der Waals surface area (Å²) in [6, 6.07) is 1.82. The number of hydrogen-bond donors (Lipinski definition) is 1. The minimum absolute atomic E-state index is 0.120. The van der Waals surface area contributed by atoms with Crippen molar-refractivity contribution in [2.45, 2.75) is 53.5 Å². The Balaban J connectivity index is 2.17. The maximum atomic E-state index is 12.9. The van der Waals surface area contributed by atoms with E-state index >= 15 is 0 Å². The molecule has 0 aliphatic carbocycles. The number of nitrogens with zero attached hydrogens (tertiary/aromatic N) is 2. The first-order valence-corrected chi connectivity index (χ1v) is 9.21. The first-order valence-electron chi connectivity index (χ1n) is 9.21. The number of aliphatic carboxylic acids is 1. The highest BCUT2D eigenvalue weighted by Crippen LogP contribution is 2.34. The van der Waals surface area contributed by atoms with Crippen LogP contribution in [0.4, 0.5) is 0 Å². The molecule has 1 N–H and O–H groups in total. The molecular weight excluding hydrogens is 320 g/mol. The molecule has 1 atom stereocenters. The first-order chi connectivity index (χ1) is 11.9. The number of carboxylic acids is 1. The average molecular weight is 350 g/mol. The lowest BCUT2D eigenvalue weighted by molar-refractivity contribution is -0.152. The van der Waals surface area contributed by atoms with E-state index in [0.29, 0.717) is 37.3 Å². The summed E-state index contributed by atoms with van der Waals surface area (Å²) < 4.78 is 5.78. The summed E-state index contributed by atoms with van der Waals surface area (Å²) in [4.78, 5) is 28.6. The zero-order valence-electron chi connectivity index (χ0n) is 15.8. The second-order valence-corrected chi connectivity index (χ2v) is 6.91. The molecule has 0 spiro atoms. The normalized spacial score (nSPS) is 20.9. The van der Waals surface area contributed by atoms with Crippen molar-refractivity contribution < 1.29 is 19.1 Å². The van der Waals surface area contributed by atoms with E-state index in [1.807, 2.05) is 13.0 Å². The SMILES string of the molecule is CCN(CC)Cc1cc(C(=O)N2CCC[C@](CC)(C(=O)O)C2)c(C)o1. The van der Waals surface area contributed by atoms with Crippen LogP contribution >= 0.6 is 0 Å². The molecule has 1 amide bonds. The maximum Gasteiger partial charge on any atom is 0.311 e. The first kappa shape index (κ1) is 19.5. The number of likely N-dealkylation sites (tertiary alicyclic amines) is 1. The minimum atomic E-state index is -0.824. The number of furan rings is 1. The van der Waals surface area contributed by atoms with Crippen LogP contribution in [0.25, 0.3) is 0 Å². The highest BCUT2D eigenvalue weighted by molar-refractivity contribution is 5.95. The molecular formula is C19H30N2O4. The van der Waals surface area contributed by atoms with Crippen molar-refractivity contribution in [3.8, 4) is 0 Å². The van der Waals surface area contributed by atoms with E-state index in [2.05, 4.69) is 18.7 Å². The Morgan fingerprint density at radius 2 is 2.00 bits per heavy atom. The highest BCUT2D eigenvalue weighted by atomic mass is 16.4. The second kappa shape index (κ2) is 8.04. The Labute approximate surface area is 149 Å². The van der Waals surface area contributed by atoms with Crippen molar-refractivity contribution in [3.63, 3.8) is 0 Å². The second-order valence-electron chi connectivity index (χ2n) is 6.91. The van der Waals surface area contributed by atoms with Gasteiger partial charge in [0.15, 0.2) is 0 Å². The quantitative estimate of drug-likeness (QED) is 0.818. The largest absolute Gasteiger partial charge is 0.481 e. The van der Waals surface area contributed by atoms with Crippen molar-refractivity contribution in [2.75, 3.05) is 26.2 Å². The number of aryl methyl sites for hydroxylation is 1. The number of carbonyl (C=O) groups is 2. The fourth-order valence-corrected chi connectivity index (χ4v) is 3.59. The highest BCUT2D eigenvalue weighted by Gasteiger charge is 2.42. The van der Waals surface area contributed by atoms with Crippen LogP contribution in [0.2, 0.25) is 0 Å². The van der Waals surface area contributed by atoms with Gasteiger partial charge in [0.1, 0.15) is 11.5 Å². The fraction of sp³-hybridized carbons (Fsp3) is 0.684. The Hall–Kier alpha value is -1.82. The van der Waals surface area contributed by atoms with Gasteiger partial charge >= 0.3 is 5.97 Å². The Morgan fingerprint density at radius 3 is 2.56 bits per heavy atom. The zero-order valence-corrected chi connectivity index (χ0v) is 15.8. The van der Waals surface area contributed by atoms with Gasteiger partial charge in [-0.2, -0.15) is 0 Å². The molecule has 6 heteroatoms. The molecule has 0 aromatic carbocycles. The molecule has 0 saturated carbocycles. The van der Waals surface area contributed by atoms with Crippen LogP contribution in [0, 0.1) is 12.3 Å². The number of carbonyl (C=O) groups excluding carboxylic acids is 1. The van der Waals surface area contributed by atoms with E-state index in [4.69, 9.17) is 4.42 Å². The van der Waals surface area contributed by atoms with Crippen molar-refractivity contribution in [1.82, 2.24) is 9.80 Å². The van der Waals surface area contributed by atoms with E-state index in [-0.39, 0.29) is 12.5 Å². The van der Waals surface area contributed by atoms with E-state index in [0.717, 1.165) is 25.3 Å². The monoisotopic (exact) mass is 350 g/mol. The van der Waals surface area contributed by atoms with Gasteiger partial charge in [0, 0.05) is 13.1 Å². The summed E-state index contributed by atoms with van der Waals surface area (Å²) in [6.07, 6.45) is 1.87. The molecule has 1 aliphatic heterocycles. The maximum absolute atomic E-state index is 12.9. The Morgan fingerprint density at radius 1 is 1.32 bits per heavy atom. The van der Waals surface area contributed by atoms with Crippen molar-refractivity contribution in [3.05, 3.63) is 23.2 Å².